The molecule has 2 heterocycles. The molecule has 0 bridgehead atoms. The Morgan fingerprint density at radius 3 is 2.28 bits per heavy atom. The van der Waals surface area contributed by atoms with Gasteiger partial charge in [0.15, 0.2) is 0 Å². The summed E-state index contributed by atoms with van der Waals surface area (Å²) in [4.78, 5) is 4.91. The lowest BCUT2D eigenvalue weighted by Crippen LogP contribution is -2.43. The largest absolute Gasteiger partial charge is 0.390 e. The number of nitrogens with zero attached hydrogens (tertiary/aromatic N) is 2. The monoisotopic (exact) mass is 255 g/mol. The van der Waals surface area contributed by atoms with E-state index in [2.05, 4.69) is 22.0 Å². The van der Waals surface area contributed by atoms with E-state index in [-0.39, 0.29) is 6.10 Å². The van der Waals surface area contributed by atoms with Gasteiger partial charge < -0.3 is 15.3 Å². The standard InChI is InChI=1S/C14H29N3O/c1-13(17-8-4-5-9-17)10-15-11-14(18)12-16-6-2-3-7-16/h13-15,18H,2-12H2,1H3. The zero-order valence-electron chi connectivity index (χ0n) is 11.8. The van der Waals surface area contributed by atoms with Gasteiger partial charge in [0.05, 0.1) is 6.10 Å². The van der Waals surface area contributed by atoms with Crippen LogP contribution in [0.25, 0.3) is 0 Å². The van der Waals surface area contributed by atoms with Crippen LogP contribution in [0, 0.1) is 0 Å². The first-order valence-electron chi connectivity index (χ1n) is 7.61. The molecule has 2 saturated heterocycles. The second-order valence-corrected chi connectivity index (χ2v) is 5.91. The van der Waals surface area contributed by atoms with Crippen molar-refractivity contribution in [2.45, 2.75) is 44.8 Å². The fraction of sp³-hybridized carbons (Fsp3) is 1.00. The minimum absolute atomic E-state index is 0.214. The van der Waals surface area contributed by atoms with Crippen LogP contribution in [0.3, 0.4) is 0 Å². The van der Waals surface area contributed by atoms with Crippen LogP contribution in [0.2, 0.25) is 0 Å². The van der Waals surface area contributed by atoms with Gasteiger partial charge in [-0.1, -0.05) is 0 Å². The molecular formula is C14H29N3O. The lowest BCUT2D eigenvalue weighted by Gasteiger charge is -2.25. The summed E-state index contributed by atoms with van der Waals surface area (Å²) in [6.45, 7) is 9.68. The molecule has 0 radical (unpaired) electrons. The van der Waals surface area contributed by atoms with Crippen molar-refractivity contribution in [2.24, 2.45) is 0 Å². The van der Waals surface area contributed by atoms with Crippen LogP contribution in [0.15, 0.2) is 0 Å². The summed E-state index contributed by atoms with van der Waals surface area (Å²) < 4.78 is 0. The third-order valence-electron chi connectivity index (χ3n) is 4.25. The first-order chi connectivity index (χ1) is 8.75. The van der Waals surface area contributed by atoms with Gasteiger partial charge in [-0.25, -0.2) is 0 Å². The van der Waals surface area contributed by atoms with Crippen molar-refractivity contribution in [3.05, 3.63) is 0 Å². The van der Waals surface area contributed by atoms with Crippen LogP contribution in [0.4, 0.5) is 0 Å². The highest BCUT2D eigenvalue weighted by Gasteiger charge is 2.18. The minimum atomic E-state index is -0.214. The van der Waals surface area contributed by atoms with E-state index in [4.69, 9.17) is 0 Å². The molecule has 0 aromatic rings. The fourth-order valence-electron chi connectivity index (χ4n) is 3.10. The van der Waals surface area contributed by atoms with E-state index in [1.807, 2.05) is 0 Å². The van der Waals surface area contributed by atoms with Gasteiger partial charge in [-0.3, -0.25) is 4.90 Å². The van der Waals surface area contributed by atoms with Gasteiger partial charge in [0.2, 0.25) is 0 Å². The van der Waals surface area contributed by atoms with E-state index < -0.39 is 0 Å². The van der Waals surface area contributed by atoms with Crippen molar-refractivity contribution in [1.82, 2.24) is 15.1 Å². The summed E-state index contributed by atoms with van der Waals surface area (Å²) in [6.07, 6.45) is 5.08. The SMILES string of the molecule is CC(CNCC(O)CN1CCCC1)N1CCCC1. The number of β-amino-alcohol motifs (C(OH)–C–C–N with tert-alkyl or cyclic N) is 1. The van der Waals surface area contributed by atoms with E-state index >= 15 is 0 Å². The smallest absolute Gasteiger partial charge is 0.0791 e. The summed E-state index contributed by atoms with van der Waals surface area (Å²) in [5.41, 5.74) is 0. The third-order valence-corrected chi connectivity index (χ3v) is 4.25. The molecule has 2 aliphatic rings. The predicted octanol–water partition coefficient (Wildman–Crippen LogP) is 0.517. The van der Waals surface area contributed by atoms with Crippen LogP contribution < -0.4 is 5.32 Å². The maximum atomic E-state index is 9.97. The van der Waals surface area contributed by atoms with Gasteiger partial charge in [0.1, 0.15) is 0 Å². The molecule has 2 aliphatic heterocycles. The van der Waals surface area contributed by atoms with E-state index in [0.29, 0.717) is 6.04 Å². The first kappa shape index (κ1) is 14.3. The van der Waals surface area contributed by atoms with Crippen LogP contribution in [-0.2, 0) is 0 Å². The van der Waals surface area contributed by atoms with Crippen molar-refractivity contribution < 1.29 is 5.11 Å². The average molecular weight is 255 g/mol. The Labute approximate surface area is 111 Å². The Hall–Kier alpha value is -0.160. The van der Waals surface area contributed by atoms with E-state index in [9.17, 15) is 5.11 Å². The topological polar surface area (TPSA) is 38.7 Å². The minimum Gasteiger partial charge on any atom is -0.390 e. The second kappa shape index (κ2) is 7.43. The van der Waals surface area contributed by atoms with Crippen LogP contribution in [0.5, 0.6) is 0 Å². The van der Waals surface area contributed by atoms with Crippen LogP contribution >= 0.6 is 0 Å². The summed E-state index contributed by atoms with van der Waals surface area (Å²) in [6, 6.07) is 0.603. The van der Waals surface area contributed by atoms with Crippen molar-refractivity contribution in [2.75, 3.05) is 45.8 Å². The average Bonchev–Trinajstić information content (AvgIpc) is 3.00. The van der Waals surface area contributed by atoms with Gasteiger partial charge in [0, 0.05) is 25.7 Å². The molecule has 0 amide bonds. The molecule has 0 aromatic carbocycles. The molecular weight excluding hydrogens is 226 g/mol. The third kappa shape index (κ3) is 4.50. The highest BCUT2D eigenvalue weighted by Crippen LogP contribution is 2.11. The lowest BCUT2D eigenvalue weighted by molar-refractivity contribution is 0.120. The number of likely N-dealkylation sites (tertiary alicyclic amines) is 2. The van der Waals surface area contributed by atoms with Crippen LogP contribution in [0.1, 0.15) is 32.6 Å². The zero-order valence-corrected chi connectivity index (χ0v) is 11.8. The predicted molar refractivity (Wildman–Crippen MR) is 74.8 cm³/mol. The molecule has 2 atom stereocenters. The molecule has 2 fully saturated rings. The van der Waals surface area contributed by atoms with E-state index in [1.165, 1.54) is 51.9 Å². The van der Waals surface area contributed by atoms with Crippen molar-refractivity contribution in [1.29, 1.82) is 0 Å². The van der Waals surface area contributed by atoms with Crippen molar-refractivity contribution in [3.63, 3.8) is 0 Å². The number of aliphatic hydroxyl groups is 1. The molecule has 2 rings (SSSR count). The zero-order chi connectivity index (χ0) is 12.8. The Balaban J connectivity index is 1.53. The number of hydrogen-bond donors (Lipinski definition) is 2. The highest BCUT2D eigenvalue weighted by atomic mass is 16.3. The Morgan fingerprint density at radius 1 is 1.00 bits per heavy atom. The summed E-state index contributed by atoms with van der Waals surface area (Å²) in [5, 5.41) is 13.4. The Bertz CT molecular complexity index is 225. The number of aliphatic hydroxyl groups excluding tert-OH is 1. The fourth-order valence-corrected chi connectivity index (χ4v) is 3.10. The highest BCUT2D eigenvalue weighted by molar-refractivity contribution is 4.76. The number of nitrogens with one attached hydrogen (secondary N) is 1. The Kier molecular flexibility index (Phi) is 5.89. The first-order valence-corrected chi connectivity index (χ1v) is 7.61. The Morgan fingerprint density at radius 2 is 1.61 bits per heavy atom. The molecule has 106 valence electrons. The van der Waals surface area contributed by atoms with Crippen LogP contribution in [-0.4, -0.2) is 72.9 Å². The molecule has 0 aliphatic carbocycles. The van der Waals surface area contributed by atoms with E-state index in [0.717, 1.165) is 19.6 Å². The molecule has 0 spiro atoms. The van der Waals surface area contributed by atoms with Crippen molar-refractivity contribution in [3.8, 4) is 0 Å². The number of hydrogen-bond acceptors (Lipinski definition) is 4. The molecule has 2 unspecified atom stereocenters. The molecule has 4 nitrogen and oxygen atoms in total. The lowest BCUT2D eigenvalue weighted by atomic mass is 10.2. The van der Waals surface area contributed by atoms with Gasteiger partial charge in [-0.2, -0.15) is 0 Å². The number of rotatable bonds is 7. The summed E-state index contributed by atoms with van der Waals surface area (Å²) >= 11 is 0. The molecule has 4 heteroatoms. The van der Waals surface area contributed by atoms with Gasteiger partial charge in [-0.15, -0.1) is 0 Å². The van der Waals surface area contributed by atoms with Gasteiger partial charge in [0.25, 0.3) is 0 Å². The molecule has 2 N–H and O–H groups in total. The summed E-state index contributed by atoms with van der Waals surface area (Å²) in [5.74, 6) is 0. The molecule has 18 heavy (non-hydrogen) atoms. The summed E-state index contributed by atoms with van der Waals surface area (Å²) in [7, 11) is 0. The van der Waals surface area contributed by atoms with E-state index in [1.54, 1.807) is 0 Å². The van der Waals surface area contributed by atoms with Gasteiger partial charge >= 0.3 is 0 Å². The quantitative estimate of drug-likeness (QED) is 0.695. The normalized spacial score (nSPS) is 25.7. The molecule has 0 saturated carbocycles. The second-order valence-electron chi connectivity index (χ2n) is 5.91. The van der Waals surface area contributed by atoms with Gasteiger partial charge in [-0.05, 0) is 58.8 Å². The maximum Gasteiger partial charge on any atom is 0.0791 e. The molecule has 0 aromatic heterocycles. The van der Waals surface area contributed by atoms with Crippen molar-refractivity contribution >= 4 is 0 Å². The maximum absolute atomic E-state index is 9.97.